The van der Waals surface area contributed by atoms with Crippen molar-refractivity contribution in [2.24, 2.45) is 0 Å². The van der Waals surface area contributed by atoms with Gasteiger partial charge in [-0.3, -0.25) is 4.21 Å². The van der Waals surface area contributed by atoms with Crippen LogP contribution in [0.15, 0.2) is 31.0 Å². The predicted octanol–water partition coefficient (Wildman–Crippen LogP) is 4.15. The standard InChI is InChI=1S/C10H9Br2NOS2/c1-15-9-8-6(12)3-5(11)4-7(8)13-10(9)16(2)14/h3-4,13H,1-2H3/t16-/m0/s1. The van der Waals surface area contributed by atoms with E-state index in [-0.39, 0.29) is 0 Å². The quantitative estimate of drug-likeness (QED) is 0.791. The number of aromatic nitrogens is 1. The van der Waals surface area contributed by atoms with Crippen LogP contribution in [0, 0.1) is 0 Å². The molecule has 0 aliphatic rings. The van der Waals surface area contributed by atoms with E-state index >= 15 is 0 Å². The SMILES string of the molecule is CSc1c([S@](C)=O)[nH]c2cc(Br)cc(Br)c12. The van der Waals surface area contributed by atoms with Crippen LogP contribution in [0.4, 0.5) is 0 Å². The van der Waals surface area contributed by atoms with Gasteiger partial charge in [-0.05, 0) is 18.4 Å². The number of H-pyrrole nitrogens is 1. The molecular formula is C10H9Br2NOS2. The molecule has 0 saturated heterocycles. The summed E-state index contributed by atoms with van der Waals surface area (Å²) < 4.78 is 13.6. The second kappa shape index (κ2) is 4.84. The highest BCUT2D eigenvalue weighted by Crippen LogP contribution is 2.38. The van der Waals surface area contributed by atoms with E-state index in [0.717, 1.165) is 29.8 Å². The van der Waals surface area contributed by atoms with Crippen LogP contribution in [0.25, 0.3) is 10.9 Å². The highest BCUT2D eigenvalue weighted by molar-refractivity contribution is 9.11. The summed E-state index contributed by atoms with van der Waals surface area (Å²) in [6.07, 6.45) is 3.68. The van der Waals surface area contributed by atoms with Crippen molar-refractivity contribution < 1.29 is 4.21 Å². The zero-order valence-electron chi connectivity index (χ0n) is 8.64. The molecule has 16 heavy (non-hydrogen) atoms. The van der Waals surface area contributed by atoms with Gasteiger partial charge >= 0.3 is 0 Å². The molecule has 1 aromatic carbocycles. The van der Waals surface area contributed by atoms with Crippen LogP contribution in [0.3, 0.4) is 0 Å². The molecule has 1 N–H and O–H groups in total. The van der Waals surface area contributed by atoms with Gasteiger partial charge in [-0.25, -0.2) is 0 Å². The highest BCUT2D eigenvalue weighted by atomic mass is 79.9. The second-order valence-corrected chi connectivity index (χ2v) is 7.15. The Bertz CT molecular complexity index is 580. The average Bonchev–Trinajstić information content (AvgIpc) is 2.56. The summed E-state index contributed by atoms with van der Waals surface area (Å²) in [6.45, 7) is 0. The Morgan fingerprint density at radius 2 is 2.06 bits per heavy atom. The van der Waals surface area contributed by atoms with E-state index in [1.165, 1.54) is 0 Å². The van der Waals surface area contributed by atoms with E-state index in [9.17, 15) is 4.21 Å². The van der Waals surface area contributed by atoms with Gasteiger partial charge in [0.15, 0.2) is 0 Å². The van der Waals surface area contributed by atoms with Crippen LogP contribution in [-0.2, 0) is 10.8 Å². The van der Waals surface area contributed by atoms with E-state index < -0.39 is 10.8 Å². The smallest absolute Gasteiger partial charge is 0.118 e. The fourth-order valence-corrected chi connectivity index (χ4v) is 5.03. The van der Waals surface area contributed by atoms with Gasteiger partial charge in [0.2, 0.25) is 0 Å². The van der Waals surface area contributed by atoms with Crippen molar-refractivity contribution in [2.45, 2.75) is 9.92 Å². The van der Waals surface area contributed by atoms with Crippen LogP contribution in [0.1, 0.15) is 0 Å². The third-order valence-electron chi connectivity index (χ3n) is 2.23. The summed E-state index contributed by atoms with van der Waals surface area (Å²) >= 11 is 8.59. The Kier molecular flexibility index (Phi) is 3.83. The number of nitrogens with one attached hydrogen (secondary N) is 1. The van der Waals surface area contributed by atoms with Gasteiger partial charge in [0, 0.05) is 26.1 Å². The maximum atomic E-state index is 11.6. The molecule has 0 fully saturated rings. The van der Waals surface area contributed by atoms with E-state index in [4.69, 9.17) is 0 Å². The summed E-state index contributed by atoms with van der Waals surface area (Å²) in [5, 5.41) is 1.89. The predicted molar refractivity (Wildman–Crippen MR) is 77.8 cm³/mol. The van der Waals surface area contributed by atoms with Crippen molar-refractivity contribution in [3.8, 4) is 0 Å². The molecule has 86 valence electrons. The number of hydrogen-bond donors (Lipinski definition) is 1. The van der Waals surface area contributed by atoms with Crippen molar-refractivity contribution >= 4 is 65.3 Å². The van der Waals surface area contributed by atoms with Crippen molar-refractivity contribution in [3.05, 3.63) is 21.1 Å². The molecule has 0 aliphatic heterocycles. The van der Waals surface area contributed by atoms with Crippen LogP contribution >= 0.6 is 43.6 Å². The molecule has 0 amide bonds. The molecule has 0 radical (unpaired) electrons. The molecule has 2 aromatic rings. The minimum absolute atomic E-state index is 0.793. The number of benzene rings is 1. The lowest BCUT2D eigenvalue weighted by atomic mass is 10.2. The topological polar surface area (TPSA) is 32.9 Å². The molecule has 0 aliphatic carbocycles. The highest BCUT2D eigenvalue weighted by Gasteiger charge is 2.16. The zero-order chi connectivity index (χ0) is 11.9. The Labute approximate surface area is 117 Å². The summed E-state index contributed by atoms with van der Waals surface area (Å²) in [6, 6.07) is 3.99. The number of thioether (sulfide) groups is 1. The number of halogens is 2. The summed E-state index contributed by atoms with van der Waals surface area (Å²) in [4.78, 5) is 4.27. The number of hydrogen-bond acceptors (Lipinski definition) is 2. The Morgan fingerprint density at radius 1 is 1.38 bits per heavy atom. The first-order chi connectivity index (χ1) is 7.54. The molecule has 6 heteroatoms. The second-order valence-electron chi connectivity index (χ2n) is 3.25. The van der Waals surface area contributed by atoms with E-state index in [0.29, 0.717) is 0 Å². The van der Waals surface area contributed by atoms with Gasteiger partial charge in [-0.15, -0.1) is 11.8 Å². The molecule has 1 aromatic heterocycles. The molecule has 1 heterocycles. The number of fused-ring (bicyclic) bond motifs is 1. The molecule has 0 spiro atoms. The maximum absolute atomic E-state index is 11.6. The minimum Gasteiger partial charge on any atom is -0.347 e. The summed E-state index contributed by atoms with van der Waals surface area (Å²) in [5.74, 6) is 0. The monoisotopic (exact) mass is 381 g/mol. The Balaban J connectivity index is 2.87. The normalized spacial score (nSPS) is 13.2. The lowest BCUT2D eigenvalue weighted by Gasteiger charge is -1.99. The van der Waals surface area contributed by atoms with Gasteiger partial charge in [0.1, 0.15) is 5.03 Å². The van der Waals surface area contributed by atoms with Gasteiger partial charge in [-0.2, -0.15) is 0 Å². The van der Waals surface area contributed by atoms with Crippen LogP contribution in [-0.4, -0.2) is 21.7 Å². The first-order valence-electron chi connectivity index (χ1n) is 4.42. The molecular weight excluding hydrogens is 374 g/mol. The van der Waals surface area contributed by atoms with E-state index in [1.54, 1.807) is 18.0 Å². The molecule has 0 unspecified atom stereocenters. The zero-order valence-corrected chi connectivity index (χ0v) is 13.4. The Hall–Kier alpha value is 0.220. The molecule has 0 saturated carbocycles. The van der Waals surface area contributed by atoms with Gasteiger partial charge in [0.05, 0.1) is 15.7 Å². The summed E-state index contributed by atoms with van der Waals surface area (Å²) in [7, 11) is -1.00. The molecule has 0 bridgehead atoms. The molecule has 2 nitrogen and oxygen atoms in total. The minimum atomic E-state index is -1.00. The first-order valence-corrected chi connectivity index (χ1v) is 8.79. The summed E-state index contributed by atoms with van der Waals surface area (Å²) in [5.41, 5.74) is 0.996. The van der Waals surface area contributed by atoms with Gasteiger partial charge < -0.3 is 4.98 Å². The maximum Gasteiger partial charge on any atom is 0.118 e. The molecule has 2 rings (SSSR count). The van der Waals surface area contributed by atoms with Gasteiger partial charge in [0.25, 0.3) is 0 Å². The van der Waals surface area contributed by atoms with Crippen molar-refractivity contribution in [1.82, 2.24) is 4.98 Å². The lowest BCUT2D eigenvalue weighted by molar-refractivity contribution is 0.683. The average molecular weight is 383 g/mol. The van der Waals surface area contributed by atoms with Gasteiger partial charge in [-0.1, -0.05) is 31.9 Å². The van der Waals surface area contributed by atoms with Crippen LogP contribution in [0.5, 0.6) is 0 Å². The van der Waals surface area contributed by atoms with E-state index in [1.807, 2.05) is 18.4 Å². The number of rotatable bonds is 2. The fourth-order valence-electron chi connectivity index (χ4n) is 1.59. The third kappa shape index (κ3) is 2.12. The van der Waals surface area contributed by atoms with Crippen LogP contribution < -0.4 is 0 Å². The van der Waals surface area contributed by atoms with Crippen molar-refractivity contribution in [1.29, 1.82) is 0 Å². The third-order valence-corrected chi connectivity index (χ3v) is 5.14. The van der Waals surface area contributed by atoms with E-state index in [2.05, 4.69) is 36.8 Å². The van der Waals surface area contributed by atoms with Crippen molar-refractivity contribution in [3.63, 3.8) is 0 Å². The molecule has 1 atom stereocenters. The Morgan fingerprint density at radius 3 is 2.62 bits per heavy atom. The first kappa shape index (κ1) is 12.7. The number of aromatic amines is 1. The van der Waals surface area contributed by atoms with Crippen LogP contribution in [0.2, 0.25) is 0 Å². The largest absolute Gasteiger partial charge is 0.347 e. The van der Waals surface area contributed by atoms with Crippen molar-refractivity contribution in [2.75, 3.05) is 12.5 Å². The lowest BCUT2D eigenvalue weighted by Crippen LogP contribution is -1.88. The fraction of sp³-hybridized carbons (Fsp3) is 0.200.